The summed E-state index contributed by atoms with van der Waals surface area (Å²) >= 11 is 1.81. The number of para-hydroxylation sites is 1. The van der Waals surface area contributed by atoms with Gasteiger partial charge < -0.3 is 10.2 Å². The highest BCUT2D eigenvalue weighted by Gasteiger charge is 2.35. The first kappa shape index (κ1) is 14.8. The van der Waals surface area contributed by atoms with Gasteiger partial charge in [0.1, 0.15) is 0 Å². The van der Waals surface area contributed by atoms with Crippen LogP contribution in [-0.4, -0.2) is 24.6 Å². The Morgan fingerprint density at radius 3 is 2.83 bits per heavy atom. The molecule has 3 atom stereocenters. The predicted octanol–water partition coefficient (Wildman–Crippen LogP) is 4.20. The minimum absolute atomic E-state index is 0.594. The minimum atomic E-state index is 0.594. The standard InChI is InChI=1S/C19H23N3S/c1-22(16-5-3-2-4-6-16)10-9-17-13-20-19(23-17)21-18-12-14-7-8-15(18)11-14/h2-8,13-15,18H,9-12H2,1H3,(H,20,21). The van der Waals surface area contributed by atoms with Crippen LogP contribution in [0.15, 0.2) is 48.7 Å². The first-order valence-corrected chi connectivity index (χ1v) is 9.25. The molecule has 0 radical (unpaired) electrons. The van der Waals surface area contributed by atoms with Gasteiger partial charge in [0, 0.05) is 42.8 Å². The number of rotatable bonds is 6. The first-order valence-electron chi connectivity index (χ1n) is 8.44. The minimum Gasteiger partial charge on any atom is -0.374 e. The monoisotopic (exact) mass is 325 g/mol. The molecule has 0 spiro atoms. The Morgan fingerprint density at radius 1 is 1.22 bits per heavy atom. The van der Waals surface area contributed by atoms with E-state index in [0.717, 1.165) is 29.9 Å². The van der Waals surface area contributed by atoms with Gasteiger partial charge in [0.2, 0.25) is 0 Å². The molecule has 1 saturated carbocycles. The number of nitrogens with one attached hydrogen (secondary N) is 1. The van der Waals surface area contributed by atoms with Crippen LogP contribution in [0.1, 0.15) is 17.7 Å². The predicted molar refractivity (Wildman–Crippen MR) is 98.3 cm³/mol. The van der Waals surface area contributed by atoms with Gasteiger partial charge in [-0.05, 0) is 36.8 Å². The van der Waals surface area contributed by atoms with E-state index in [1.165, 1.54) is 23.4 Å². The van der Waals surface area contributed by atoms with E-state index >= 15 is 0 Å². The van der Waals surface area contributed by atoms with Crippen LogP contribution in [0.4, 0.5) is 10.8 Å². The lowest BCUT2D eigenvalue weighted by Gasteiger charge is -2.19. The van der Waals surface area contributed by atoms with E-state index in [0.29, 0.717) is 6.04 Å². The molecule has 1 fully saturated rings. The highest BCUT2D eigenvalue weighted by Crippen LogP contribution is 2.40. The van der Waals surface area contributed by atoms with Crippen molar-refractivity contribution < 1.29 is 0 Å². The summed E-state index contributed by atoms with van der Waals surface area (Å²) in [5.41, 5.74) is 1.27. The van der Waals surface area contributed by atoms with E-state index in [-0.39, 0.29) is 0 Å². The second kappa shape index (κ2) is 6.36. The van der Waals surface area contributed by atoms with Crippen molar-refractivity contribution in [1.82, 2.24) is 4.98 Å². The molecule has 1 N–H and O–H groups in total. The van der Waals surface area contributed by atoms with Gasteiger partial charge >= 0.3 is 0 Å². The third-order valence-corrected chi connectivity index (χ3v) is 6.02. The maximum Gasteiger partial charge on any atom is 0.183 e. The van der Waals surface area contributed by atoms with Gasteiger partial charge in [-0.25, -0.2) is 4.98 Å². The zero-order valence-electron chi connectivity index (χ0n) is 13.5. The van der Waals surface area contributed by atoms with Crippen LogP contribution in [0.25, 0.3) is 0 Å². The van der Waals surface area contributed by atoms with Crippen molar-refractivity contribution in [1.29, 1.82) is 0 Å². The van der Waals surface area contributed by atoms with Gasteiger partial charge in [-0.15, -0.1) is 11.3 Å². The fourth-order valence-corrected chi connectivity index (χ4v) is 4.55. The van der Waals surface area contributed by atoms with Crippen LogP contribution < -0.4 is 10.2 Å². The summed E-state index contributed by atoms with van der Waals surface area (Å²) < 4.78 is 0. The molecule has 1 aromatic heterocycles. The number of nitrogens with zero attached hydrogens (tertiary/aromatic N) is 2. The number of allylic oxidation sites excluding steroid dienone is 1. The summed E-state index contributed by atoms with van der Waals surface area (Å²) in [7, 11) is 2.15. The highest BCUT2D eigenvalue weighted by atomic mass is 32.1. The highest BCUT2D eigenvalue weighted by molar-refractivity contribution is 7.15. The van der Waals surface area contributed by atoms with Crippen LogP contribution in [0.2, 0.25) is 0 Å². The van der Waals surface area contributed by atoms with E-state index in [2.05, 4.69) is 64.7 Å². The molecule has 0 saturated heterocycles. The van der Waals surface area contributed by atoms with Crippen LogP contribution >= 0.6 is 11.3 Å². The topological polar surface area (TPSA) is 28.2 Å². The fraction of sp³-hybridized carbons (Fsp3) is 0.421. The van der Waals surface area contributed by atoms with E-state index < -0.39 is 0 Å². The number of thiazole rings is 1. The molecule has 1 heterocycles. The molecular weight excluding hydrogens is 302 g/mol. The van der Waals surface area contributed by atoms with E-state index in [9.17, 15) is 0 Å². The van der Waals surface area contributed by atoms with Crippen molar-refractivity contribution in [2.45, 2.75) is 25.3 Å². The quantitative estimate of drug-likeness (QED) is 0.807. The molecule has 23 heavy (non-hydrogen) atoms. The van der Waals surface area contributed by atoms with Crippen LogP contribution in [0.3, 0.4) is 0 Å². The lowest BCUT2D eigenvalue weighted by Crippen LogP contribution is -2.23. The van der Waals surface area contributed by atoms with Crippen LogP contribution in [-0.2, 0) is 6.42 Å². The lowest BCUT2D eigenvalue weighted by molar-refractivity contribution is 0.614. The summed E-state index contributed by atoms with van der Waals surface area (Å²) in [6.45, 7) is 1.02. The second-order valence-electron chi connectivity index (χ2n) is 6.67. The summed E-state index contributed by atoms with van der Waals surface area (Å²) in [6, 6.07) is 11.1. The number of hydrogen-bond acceptors (Lipinski definition) is 4. The van der Waals surface area contributed by atoms with Crippen molar-refractivity contribution in [3.05, 3.63) is 53.6 Å². The molecule has 0 amide bonds. The fourth-order valence-electron chi connectivity index (χ4n) is 3.68. The third-order valence-electron chi connectivity index (χ3n) is 5.03. The van der Waals surface area contributed by atoms with Crippen molar-refractivity contribution >= 4 is 22.2 Å². The smallest absolute Gasteiger partial charge is 0.183 e. The number of likely N-dealkylation sites (N-methyl/N-ethyl adjacent to an activating group) is 1. The molecule has 2 aliphatic rings. The third kappa shape index (κ3) is 3.27. The Bertz CT molecular complexity index is 679. The summed E-state index contributed by atoms with van der Waals surface area (Å²) in [5, 5.41) is 4.75. The summed E-state index contributed by atoms with van der Waals surface area (Å²) in [4.78, 5) is 8.23. The van der Waals surface area contributed by atoms with Gasteiger partial charge in [-0.2, -0.15) is 0 Å². The number of benzene rings is 1. The average Bonchev–Trinajstić information content (AvgIpc) is 3.30. The summed E-state index contributed by atoms with van der Waals surface area (Å²) in [6.07, 6.45) is 10.4. The second-order valence-corrected chi connectivity index (χ2v) is 7.79. The Kier molecular flexibility index (Phi) is 4.08. The van der Waals surface area contributed by atoms with Gasteiger partial charge in [0.05, 0.1) is 0 Å². The van der Waals surface area contributed by atoms with Gasteiger partial charge in [-0.1, -0.05) is 30.4 Å². The normalized spacial score (nSPS) is 25.0. The molecule has 4 rings (SSSR count). The molecule has 3 unspecified atom stereocenters. The lowest BCUT2D eigenvalue weighted by atomic mass is 10.0. The SMILES string of the molecule is CN(CCc1cnc(NC2CC3C=CC2C3)s1)c1ccccc1. The largest absolute Gasteiger partial charge is 0.374 e. The Hall–Kier alpha value is -1.81. The molecule has 3 nitrogen and oxygen atoms in total. The van der Waals surface area contributed by atoms with Gasteiger partial charge in [0.15, 0.2) is 5.13 Å². The van der Waals surface area contributed by atoms with Crippen LogP contribution in [0.5, 0.6) is 0 Å². The Morgan fingerprint density at radius 2 is 2.09 bits per heavy atom. The Balaban J connectivity index is 1.31. The van der Waals surface area contributed by atoms with Crippen molar-refractivity contribution in [2.24, 2.45) is 11.8 Å². The molecule has 4 heteroatoms. The van der Waals surface area contributed by atoms with Crippen molar-refractivity contribution in [2.75, 3.05) is 23.8 Å². The number of hydrogen-bond donors (Lipinski definition) is 1. The number of anilines is 2. The van der Waals surface area contributed by atoms with Gasteiger partial charge in [0.25, 0.3) is 0 Å². The molecule has 1 aromatic carbocycles. The maximum absolute atomic E-state index is 4.58. The maximum atomic E-state index is 4.58. The molecule has 2 aromatic rings. The molecule has 2 bridgehead atoms. The number of fused-ring (bicyclic) bond motifs is 2. The van der Waals surface area contributed by atoms with E-state index in [1.807, 2.05) is 17.5 Å². The zero-order chi connectivity index (χ0) is 15.6. The van der Waals surface area contributed by atoms with Crippen molar-refractivity contribution in [3.8, 4) is 0 Å². The molecule has 2 aliphatic carbocycles. The summed E-state index contributed by atoms with van der Waals surface area (Å²) in [5.74, 6) is 1.52. The Labute approximate surface area is 142 Å². The van der Waals surface area contributed by atoms with E-state index in [1.54, 1.807) is 0 Å². The van der Waals surface area contributed by atoms with Crippen LogP contribution in [0, 0.1) is 11.8 Å². The van der Waals surface area contributed by atoms with Gasteiger partial charge in [-0.3, -0.25) is 0 Å². The molecule has 0 aliphatic heterocycles. The average molecular weight is 325 g/mol. The van der Waals surface area contributed by atoms with E-state index in [4.69, 9.17) is 0 Å². The van der Waals surface area contributed by atoms with Crippen molar-refractivity contribution in [3.63, 3.8) is 0 Å². The molecular formula is C19H23N3S. The zero-order valence-corrected chi connectivity index (χ0v) is 14.3. The molecule has 120 valence electrons. The first-order chi connectivity index (χ1) is 11.3. The number of aromatic nitrogens is 1.